The van der Waals surface area contributed by atoms with Crippen LogP contribution in [0, 0.1) is 18.2 Å². The molecule has 174 valence electrons. The molecule has 0 amide bonds. The molecule has 6 nitrogen and oxygen atoms in total. The summed E-state index contributed by atoms with van der Waals surface area (Å²) in [5.74, 6) is -0.712. The van der Waals surface area contributed by atoms with Crippen molar-refractivity contribution in [2.45, 2.75) is 71.7 Å². The average Bonchev–Trinajstić information content (AvgIpc) is 2.67. The Hall–Kier alpha value is -2.67. The van der Waals surface area contributed by atoms with Crippen molar-refractivity contribution in [3.63, 3.8) is 0 Å². The average molecular weight is 447 g/mol. The largest absolute Gasteiger partial charge is 0.508 e. The molecule has 1 aromatic rings. The van der Waals surface area contributed by atoms with Gasteiger partial charge in [0.05, 0.1) is 19.1 Å². The summed E-state index contributed by atoms with van der Waals surface area (Å²) in [6.45, 7) is 7.75. The van der Waals surface area contributed by atoms with Gasteiger partial charge in [0.25, 0.3) is 0 Å². The summed E-state index contributed by atoms with van der Waals surface area (Å²) < 4.78 is 29.8. The first kappa shape index (κ1) is 24.0. The van der Waals surface area contributed by atoms with Crippen LogP contribution in [0.3, 0.4) is 0 Å². The van der Waals surface area contributed by atoms with Gasteiger partial charge in [-0.15, -0.1) is 0 Å². The zero-order chi connectivity index (χ0) is 23.5. The van der Waals surface area contributed by atoms with E-state index in [4.69, 9.17) is 14.2 Å². The van der Waals surface area contributed by atoms with Crippen LogP contribution >= 0.6 is 0 Å². The molecule has 1 aliphatic heterocycles. The number of aryl methyl sites for hydroxylation is 1. The van der Waals surface area contributed by atoms with Crippen LogP contribution in [0.5, 0.6) is 0 Å². The molecular weight excluding hydrogens is 415 g/mol. The quantitative estimate of drug-likeness (QED) is 0.650. The third kappa shape index (κ3) is 5.76. The number of aliphatic hydroxyl groups is 1. The minimum absolute atomic E-state index is 0.00547. The topological polar surface area (TPSA) is 82.1 Å². The lowest BCUT2D eigenvalue weighted by atomic mass is 9.69. The molecule has 0 radical (unpaired) electrons. The lowest BCUT2D eigenvalue weighted by Gasteiger charge is -2.38. The molecule has 1 saturated heterocycles. The molecule has 0 aromatic heterocycles. The summed E-state index contributed by atoms with van der Waals surface area (Å²) in [7, 11) is 0. The lowest BCUT2D eigenvalue weighted by molar-refractivity contribution is -0.156. The molecule has 0 bridgehead atoms. The number of esters is 1. The molecule has 1 heterocycles. The molecule has 1 fully saturated rings. The third-order valence-electron chi connectivity index (χ3n) is 5.92. The van der Waals surface area contributed by atoms with Crippen LogP contribution in [0.2, 0.25) is 0 Å². The Labute approximate surface area is 188 Å². The van der Waals surface area contributed by atoms with Gasteiger partial charge in [-0.3, -0.25) is 4.79 Å². The van der Waals surface area contributed by atoms with Crippen LogP contribution in [0.4, 0.5) is 9.18 Å². The van der Waals surface area contributed by atoms with Crippen molar-refractivity contribution < 1.29 is 33.3 Å². The van der Waals surface area contributed by atoms with Crippen molar-refractivity contribution >= 4 is 17.7 Å². The summed E-state index contributed by atoms with van der Waals surface area (Å²) in [6, 6.07) is 4.94. The van der Waals surface area contributed by atoms with E-state index < -0.39 is 30.4 Å². The number of cyclic esters (lactones) is 1. The summed E-state index contributed by atoms with van der Waals surface area (Å²) in [6.07, 6.45) is 2.75. The molecule has 0 spiro atoms. The molecule has 0 unspecified atom stereocenters. The van der Waals surface area contributed by atoms with E-state index in [1.165, 1.54) is 6.07 Å². The highest BCUT2D eigenvalue weighted by Gasteiger charge is 2.37. The van der Waals surface area contributed by atoms with Gasteiger partial charge in [-0.2, -0.15) is 0 Å². The maximum atomic E-state index is 13.9. The molecule has 1 N–H and O–H groups in total. The number of rotatable bonds is 5. The fraction of sp³-hybridized carbons (Fsp3) is 0.520. The van der Waals surface area contributed by atoms with Crippen molar-refractivity contribution in [3.05, 3.63) is 52.9 Å². The number of hydrogen-bond donors (Lipinski definition) is 1. The van der Waals surface area contributed by atoms with E-state index in [0.717, 1.165) is 16.7 Å². The molecule has 32 heavy (non-hydrogen) atoms. The minimum Gasteiger partial charge on any atom is -0.458 e. The molecule has 3 rings (SSSR count). The maximum absolute atomic E-state index is 13.9. The summed E-state index contributed by atoms with van der Waals surface area (Å²) >= 11 is 0. The first-order chi connectivity index (χ1) is 15.1. The summed E-state index contributed by atoms with van der Waals surface area (Å²) in [5.41, 5.74) is 2.89. The van der Waals surface area contributed by atoms with Crippen LogP contribution in [-0.2, 0) is 19.0 Å². The highest BCUT2D eigenvalue weighted by Crippen LogP contribution is 2.46. The lowest BCUT2D eigenvalue weighted by Crippen LogP contribution is -2.33. The van der Waals surface area contributed by atoms with Gasteiger partial charge in [0.2, 0.25) is 0 Å². The van der Waals surface area contributed by atoms with Crippen molar-refractivity contribution in [3.8, 4) is 0 Å². The molecule has 1 aromatic carbocycles. The number of ether oxygens (including phenoxy) is 3. The van der Waals surface area contributed by atoms with Crippen molar-refractivity contribution in [1.82, 2.24) is 0 Å². The Morgan fingerprint density at radius 3 is 2.75 bits per heavy atom. The fourth-order valence-corrected chi connectivity index (χ4v) is 4.43. The smallest absolute Gasteiger partial charge is 0.458 e. The second-order valence-electron chi connectivity index (χ2n) is 9.05. The Kier molecular flexibility index (Phi) is 7.39. The van der Waals surface area contributed by atoms with Crippen LogP contribution in [0.25, 0.3) is 5.57 Å². The van der Waals surface area contributed by atoms with E-state index in [9.17, 15) is 19.1 Å². The van der Waals surface area contributed by atoms with Gasteiger partial charge >= 0.3 is 12.1 Å². The highest BCUT2D eigenvalue weighted by molar-refractivity contribution is 5.75. The number of carbonyl (C=O) groups is 2. The van der Waals surface area contributed by atoms with Gasteiger partial charge in [-0.05, 0) is 66.2 Å². The number of carbonyl (C=O) groups excluding carboxylic acids is 2. The predicted molar refractivity (Wildman–Crippen MR) is 117 cm³/mol. The number of benzene rings is 1. The monoisotopic (exact) mass is 446 g/mol. The number of allylic oxidation sites excluding steroid dienone is 2. The highest BCUT2D eigenvalue weighted by atomic mass is 19.1. The molecular formula is C25H31FO6. The van der Waals surface area contributed by atoms with Gasteiger partial charge in [0.1, 0.15) is 18.0 Å². The van der Waals surface area contributed by atoms with Crippen LogP contribution < -0.4 is 0 Å². The Bertz CT molecular complexity index is 932. The molecule has 2 aliphatic rings. The van der Waals surface area contributed by atoms with Gasteiger partial charge in [0.15, 0.2) is 0 Å². The number of hydrogen-bond acceptors (Lipinski definition) is 6. The van der Waals surface area contributed by atoms with Crippen molar-refractivity contribution in [1.29, 1.82) is 0 Å². The first-order valence-electron chi connectivity index (χ1n) is 11.0. The predicted octanol–water partition coefficient (Wildman–Crippen LogP) is 4.87. The van der Waals surface area contributed by atoms with Gasteiger partial charge in [-0.1, -0.05) is 26.0 Å². The van der Waals surface area contributed by atoms with E-state index in [0.29, 0.717) is 24.8 Å². The summed E-state index contributed by atoms with van der Waals surface area (Å²) in [4.78, 5) is 23.6. The molecule has 1 aliphatic carbocycles. The van der Waals surface area contributed by atoms with Crippen molar-refractivity contribution in [2.24, 2.45) is 5.41 Å². The second kappa shape index (κ2) is 9.86. The number of aliphatic hydroxyl groups excluding tert-OH is 1. The minimum atomic E-state index is -0.721. The SMILES string of the molecule is CCOC(=O)O[C@H]1CC(c2ccc(F)c(C)c2)=C(/C=C/[C@@H]2C[C@@H](O)CC(=O)O2)C(C)(C)C1. The van der Waals surface area contributed by atoms with E-state index in [2.05, 4.69) is 0 Å². The van der Waals surface area contributed by atoms with Crippen LogP contribution in [0.1, 0.15) is 57.6 Å². The molecule has 0 saturated carbocycles. The first-order valence-corrected chi connectivity index (χ1v) is 11.0. The van der Waals surface area contributed by atoms with Crippen LogP contribution in [0.15, 0.2) is 35.9 Å². The Morgan fingerprint density at radius 1 is 1.34 bits per heavy atom. The summed E-state index contributed by atoms with van der Waals surface area (Å²) in [5, 5.41) is 9.90. The molecule has 3 atom stereocenters. The van der Waals surface area contributed by atoms with E-state index in [1.54, 1.807) is 32.1 Å². The second-order valence-corrected chi connectivity index (χ2v) is 9.05. The Balaban J connectivity index is 1.98. The van der Waals surface area contributed by atoms with Gasteiger partial charge in [-0.25, -0.2) is 9.18 Å². The molecule has 7 heteroatoms. The number of halogens is 1. The zero-order valence-electron chi connectivity index (χ0n) is 19.0. The third-order valence-corrected chi connectivity index (χ3v) is 5.92. The van der Waals surface area contributed by atoms with Crippen molar-refractivity contribution in [2.75, 3.05) is 6.61 Å². The van der Waals surface area contributed by atoms with Crippen LogP contribution in [-0.4, -0.2) is 42.1 Å². The van der Waals surface area contributed by atoms with E-state index in [1.807, 2.05) is 19.9 Å². The zero-order valence-corrected chi connectivity index (χ0v) is 19.0. The van der Waals surface area contributed by atoms with E-state index >= 15 is 0 Å². The standard InChI is InChI=1S/C25H31FO6/c1-5-30-24(29)32-19-13-20(16-6-9-22(26)15(2)10-16)21(25(3,4)14-19)8-7-18-11-17(27)12-23(28)31-18/h6-10,17-19,27H,5,11-14H2,1-4H3/b8-7+/t17-,18-,19+/m1/s1. The maximum Gasteiger partial charge on any atom is 0.508 e. The van der Waals surface area contributed by atoms with Gasteiger partial charge in [0, 0.05) is 12.8 Å². The fourth-order valence-electron chi connectivity index (χ4n) is 4.43. The normalized spacial score (nSPS) is 25.6. The van der Waals surface area contributed by atoms with E-state index in [-0.39, 0.29) is 24.3 Å². The Morgan fingerprint density at radius 2 is 2.09 bits per heavy atom. The van der Waals surface area contributed by atoms with Gasteiger partial charge < -0.3 is 19.3 Å².